The number of rotatable bonds is 6. The molecule has 0 aromatic heterocycles. The molecule has 1 nitrogen and oxygen atoms in total. The predicted octanol–water partition coefficient (Wildman–Crippen LogP) is 4.36. The van der Waals surface area contributed by atoms with Gasteiger partial charge in [-0.2, -0.15) is 0 Å². The lowest BCUT2D eigenvalue weighted by atomic mass is 9.89. The fraction of sp³-hybridized carbons (Fsp3) is 0.625. The summed E-state index contributed by atoms with van der Waals surface area (Å²) in [6.07, 6.45) is 3.60. The van der Waals surface area contributed by atoms with Crippen molar-refractivity contribution in [2.75, 3.05) is 0 Å². The molecular weight excluding hydrogens is 206 g/mol. The van der Waals surface area contributed by atoms with Crippen LogP contribution in [0.4, 0.5) is 0 Å². The second-order valence-corrected chi connectivity index (χ2v) is 5.06. The summed E-state index contributed by atoms with van der Waals surface area (Å²) in [6, 6.07) is 6.55. The van der Waals surface area contributed by atoms with E-state index in [9.17, 15) is 0 Å². The Bertz CT molecular complexity index is 322. The summed E-state index contributed by atoms with van der Waals surface area (Å²) in [5.41, 5.74) is 4.57. The highest BCUT2D eigenvalue weighted by Gasteiger charge is 2.22. The van der Waals surface area contributed by atoms with E-state index in [-0.39, 0.29) is 0 Å². The van der Waals surface area contributed by atoms with Crippen molar-refractivity contribution in [2.45, 2.75) is 66.0 Å². The molecule has 1 N–H and O–H groups in total. The SMILES string of the molecule is CCC(CC)(CC)NCc1c(C)cccc1C. The van der Waals surface area contributed by atoms with Crippen LogP contribution in [0.15, 0.2) is 18.2 Å². The zero-order chi connectivity index (χ0) is 12.9. The molecule has 0 saturated heterocycles. The van der Waals surface area contributed by atoms with Gasteiger partial charge in [0.25, 0.3) is 0 Å². The highest BCUT2D eigenvalue weighted by Crippen LogP contribution is 2.21. The van der Waals surface area contributed by atoms with E-state index in [1.165, 1.54) is 36.0 Å². The van der Waals surface area contributed by atoms with Gasteiger partial charge in [0, 0.05) is 12.1 Å². The zero-order valence-corrected chi connectivity index (χ0v) is 12.1. The number of hydrogen-bond donors (Lipinski definition) is 1. The minimum Gasteiger partial charge on any atom is -0.307 e. The molecule has 0 fully saturated rings. The average Bonchev–Trinajstić information content (AvgIpc) is 2.34. The van der Waals surface area contributed by atoms with Gasteiger partial charge < -0.3 is 5.32 Å². The molecule has 0 atom stereocenters. The van der Waals surface area contributed by atoms with Crippen molar-refractivity contribution in [3.05, 3.63) is 34.9 Å². The van der Waals surface area contributed by atoms with E-state index < -0.39 is 0 Å². The van der Waals surface area contributed by atoms with Gasteiger partial charge in [-0.25, -0.2) is 0 Å². The van der Waals surface area contributed by atoms with Gasteiger partial charge in [-0.1, -0.05) is 39.0 Å². The van der Waals surface area contributed by atoms with Crippen molar-refractivity contribution < 1.29 is 0 Å². The molecule has 0 radical (unpaired) electrons. The van der Waals surface area contributed by atoms with Gasteiger partial charge in [0.1, 0.15) is 0 Å². The summed E-state index contributed by atoms with van der Waals surface area (Å²) in [5, 5.41) is 3.78. The molecule has 0 unspecified atom stereocenters. The van der Waals surface area contributed by atoms with E-state index in [0.29, 0.717) is 5.54 Å². The normalized spacial score (nSPS) is 11.8. The van der Waals surface area contributed by atoms with E-state index in [1.807, 2.05) is 0 Å². The first kappa shape index (κ1) is 14.2. The fourth-order valence-corrected chi connectivity index (χ4v) is 2.53. The molecule has 17 heavy (non-hydrogen) atoms. The molecule has 1 aromatic rings. The molecule has 0 saturated carbocycles. The molecule has 1 heteroatoms. The molecule has 0 heterocycles. The first-order chi connectivity index (χ1) is 8.08. The summed E-state index contributed by atoms with van der Waals surface area (Å²) in [4.78, 5) is 0. The molecule has 0 spiro atoms. The molecule has 1 rings (SSSR count). The largest absolute Gasteiger partial charge is 0.307 e. The van der Waals surface area contributed by atoms with Crippen LogP contribution in [0.5, 0.6) is 0 Å². The monoisotopic (exact) mass is 233 g/mol. The smallest absolute Gasteiger partial charge is 0.0215 e. The van der Waals surface area contributed by atoms with Gasteiger partial charge in [0.2, 0.25) is 0 Å². The maximum atomic E-state index is 3.78. The van der Waals surface area contributed by atoms with E-state index in [2.05, 4.69) is 58.1 Å². The Morgan fingerprint density at radius 3 is 1.82 bits per heavy atom. The Kier molecular flexibility index (Phi) is 5.20. The summed E-state index contributed by atoms with van der Waals surface area (Å²) < 4.78 is 0. The minimum atomic E-state index is 0.314. The lowest BCUT2D eigenvalue weighted by Crippen LogP contribution is -2.43. The Hall–Kier alpha value is -0.820. The second-order valence-electron chi connectivity index (χ2n) is 5.06. The summed E-state index contributed by atoms with van der Waals surface area (Å²) >= 11 is 0. The maximum Gasteiger partial charge on any atom is 0.0215 e. The third kappa shape index (κ3) is 3.32. The van der Waals surface area contributed by atoms with Crippen molar-refractivity contribution in [1.82, 2.24) is 5.32 Å². The van der Waals surface area contributed by atoms with E-state index in [0.717, 1.165) is 6.54 Å². The maximum absolute atomic E-state index is 3.78. The number of benzene rings is 1. The van der Waals surface area contributed by atoms with E-state index >= 15 is 0 Å². The van der Waals surface area contributed by atoms with Crippen LogP contribution in [0.25, 0.3) is 0 Å². The van der Waals surface area contributed by atoms with E-state index in [4.69, 9.17) is 0 Å². The van der Waals surface area contributed by atoms with Crippen LogP contribution in [-0.4, -0.2) is 5.54 Å². The fourth-order valence-electron chi connectivity index (χ4n) is 2.53. The molecule has 0 aliphatic heterocycles. The van der Waals surface area contributed by atoms with Crippen LogP contribution in [0.1, 0.15) is 56.7 Å². The summed E-state index contributed by atoms with van der Waals surface area (Å²) in [7, 11) is 0. The molecular formula is C16H27N. The van der Waals surface area contributed by atoms with Gasteiger partial charge in [-0.3, -0.25) is 0 Å². The van der Waals surface area contributed by atoms with Crippen LogP contribution in [-0.2, 0) is 6.54 Å². The van der Waals surface area contributed by atoms with Gasteiger partial charge >= 0.3 is 0 Å². The van der Waals surface area contributed by atoms with Crippen LogP contribution in [0.2, 0.25) is 0 Å². The number of aryl methyl sites for hydroxylation is 2. The standard InChI is InChI=1S/C16H27N/c1-6-16(7-2,8-3)17-12-15-13(4)10-9-11-14(15)5/h9-11,17H,6-8,12H2,1-5H3. The minimum absolute atomic E-state index is 0.314. The van der Waals surface area contributed by atoms with Crippen LogP contribution in [0, 0.1) is 13.8 Å². The molecule has 1 aromatic carbocycles. The average molecular weight is 233 g/mol. The lowest BCUT2D eigenvalue weighted by molar-refractivity contribution is 0.287. The molecule has 0 aliphatic carbocycles. The predicted molar refractivity (Wildman–Crippen MR) is 76.4 cm³/mol. The molecule has 0 amide bonds. The van der Waals surface area contributed by atoms with Crippen molar-refractivity contribution in [3.63, 3.8) is 0 Å². The first-order valence-corrected chi connectivity index (χ1v) is 6.88. The van der Waals surface area contributed by atoms with Crippen LogP contribution >= 0.6 is 0 Å². The Morgan fingerprint density at radius 2 is 1.41 bits per heavy atom. The highest BCUT2D eigenvalue weighted by atomic mass is 15.0. The highest BCUT2D eigenvalue weighted by molar-refractivity contribution is 5.33. The molecule has 96 valence electrons. The number of hydrogen-bond acceptors (Lipinski definition) is 1. The molecule has 0 bridgehead atoms. The zero-order valence-electron chi connectivity index (χ0n) is 12.1. The van der Waals surface area contributed by atoms with Gasteiger partial charge in [-0.05, 0) is 49.8 Å². The Labute approximate surface area is 107 Å². The third-order valence-corrected chi connectivity index (χ3v) is 4.31. The van der Waals surface area contributed by atoms with E-state index in [1.54, 1.807) is 0 Å². The Balaban J connectivity index is 2.79. The van der Waals surface area contributed by atoms with Crippen molar-refractivity contribution in [2.24, 2.45) is 0 Å². The van der Waals surface area contributed by atoms with Gasteiger partial charge in [-0.15, -0.1) is 0 Å². The first-order valence-electron chi connectivity index (χ1n) is 6.88. The summed E-state index contributed by atoms with van der Waals surface area (Å²) in [6.45, 7) is 12.2. The topological polar surface area (TPSA) is 12.0 Å². The van der Waals surface area contributed by atoms with Crippen LogP contribution < -0.4 is 5.32 Å². The second kappa shape index (κ2) is 6.20. The van der Waals surface area contributed by atoms with Crippen molar-refractivity contribution >= 4 is 0 Å². The number of nitrogens with one attached hydrogen (secondary N) is 1. The van der Waals surface area contributed by atoms with Crippen molar-refractivity contribution in [1.29, 1.82) is 0 Å². The Morgan fingerprint density at radius 1 is 0.941 bits per heavy atom. The quantitative estimate of drug-likeness (QED) is 0.769. The van der Waals surface area contributed by atoms with Gasteiger partial charge in [0.05, 0.1) is 0 Å². The third-order valence-electron chi connectivity index (χ3n) is 4.31. The summed E-state index contributed by atoms with van der Waals surface area (Å²) in [5.74, 6) is 0. The van der Waals surface area contributed by atoms with Crippen molar-refractivity contribution in [3.8, 4) is 0 Å². The van der Waals surface area contributed by atoms with Gasteiger partial charge in [0.15, 0.2) is 0 Å². The lowest BCUT2D eigenvalue weighted by Gasteiger charge is -2.32. The van der Waals surface area contributed by atoms with Crippen LogP contribution in [0.3, 0.4) is 0 Å². The molecule has 0 aliphatic rings.